The van der Waals surface area contributed by atoms with E-state index in [-0.39, 0.29) is 23.0 Å². The van der Waals surface area contributed by atoms with Crippen molar-refractivity contribution in [1.29, 1.82) is 0 Å². The first-order valence-corrected chi connectivity index (χ1v) is 10.9. The maximum atomic E-state index is 12.3. The van der Waals surface area contributed by atoms with Gasteiger partial charge in [-0.05, 0) is 49.4 Å². The number of aryl methyl sites for hydroxylation is 1. The van der Waals surface area contributed by atoms with E-state index in [1.165, 1.54) is 40.5 Å². The van der Waals surface area contributed by atoms with Gasteiger partial charge in [0.15, 0.2) is 15.0 Å². The van der Waals surface area contributed by atoms with Crippen LogP contribution in [0.3, 0.4) is 0 Å². The number of thiazole rings is 1. The lowest BCUT2D eigenvalue weighted by atomic mass is 9.93. The van der Waals surface area contributed by atoms with Crippen LogP contribution in [-0.2, 0) is 27.5 Å². The summed E-state index contributed by atoms with van der Waals surface area (Å²) in [5.41, 5.74) is 1.06. The van der Waals surface area contributed by atoms with Crippen molar-refractivity contribution in [2.75, 3.05) is 11.1 Å². The number of rotatable bonds is 5. The van der Waals surface area contributed by atoms with Gasteiger partial charge in [0.25, 0.3) is 0 Å². The molecule has 1 unspecified atom stereocenters. The van der Waals surface area contributed by atoms with Crippen molar-refractivity contribution in [3.8, 4) is 0 Å². The van der Waals surface area contributed by atoms with Gasteiger partial charge in [0.05, 0.1) is 16.3 Å². The second kappa shape index (κ2) is 7.43. The molecule has 1 aromatic carbocycles. The molecule has 0 fully saturated rings. The number of carbonyl (C=O) groups is 1. The molecule has 0 radical (unpaired) electrons. The van der Waals surface area contributed by atoms with Crippen LogP contribution in [0.25, 0.3) is 0 Å². The molecule has 1 heterocycles. The van der Waals surface area contributed by atoms with Crippen molar-refractivity contribution in [3.63, 3.8) is 0 Å². The zero-order valence-corrected chi connectivity index (χ0v) is 16.2. The maximum absolute atomic E-state index is 12.3. The Labute approximate surface area is 156 Å². The fourth-order valence-electron chi connectivity index (χ4n) is 2.76. The van der Waals surface area contributed by atoms with Crippen LogP contribution in [0.4, 0.5) is 5.13 Å². The number of fused-ring (bicyclic) bond motifs is 1. The van der Waals surface area contributed by atoms with Crippen LogP contribution < -0.4 is 5.32 Å². The maximum Gasteiger partial charge on any atom is 0.227 e. The molecule has 0 saturated carbocycles. The van der Waals surface area contributed by atoms with E-state index < -0.39 is 9.84 Å². The summed E-state index contributed by atoms with van der Waals surface area (Å²) < 4.78 is 24.5. The predicted molar refractivity (Wildman–Crippen MR) is 100 cm³/mol. The van der Waals surface area contributed by atoms with Crippen molar-refractivity contribution >= 4 is 43.8 Å². The summed E-state index contributed by atoms with van der Waals surface area (Å²) in [5, 5.41) is 3.76. The van der Waals surface area contributed by atoms with Gasteiger partial charge in [-0.1, -0.05) is 18.5 Å². The molecule has 1 N–H and O–H groups in total. The number of benzene rings is 1. The highest BCUT2D eigenvalue weighted by molar-refractivity contribution is 7.91. The topological polar surface area (TPSA) is 76.1 Å². The molecule has 1 aliphatic rings. The minimum atomic E-state index is -3.51. The minimum Gasteiger partial charge on any atom is -0.302 e. The second-order valence-electron chi connectivity index (χ2n) is 6.31. The molecule has 3 rings (SSSR count). The quantitative estimate of drug-likeness (QED) is 0.832. The molecule has 1 atom stereocenters. The Morgan fingerprint density at radius 1 is 1.36 bits per heavy atom. The van der Waals surface area contributed by atoms with Crippen LogP contribution in [-0.4, -0.2) is 25.1 Å². The smallest absolute Gasteiger partial charge is 0.227 e. The van der Waals surface area contributed by atoms with Gasteiger partial charge in [0.1, 0.15) is 0 Å². The third-order valence-corrected chi connectivity index (χ3v) is 7.22. The zero-order valence-electron chi connectivity index (χ0n) is 13.8. The first-order valence-electron chi connectivity index (χ1n) is 8.10. The highest BCUT2D eigenvalue weighted by Crippen LogP contribution is 2.32. The molecule has 2 aromatic rings. The molecule has 0 aliphatic heterocycles. The second-order valence-corrected chi connectivity index (χ2v) is 9.94. The molecule has 1 amide bonds. The molecule has 0 saturated heterocycles. The van der Waals surface area contributed by atoms with Crippen LogP contribution in [0.15, 0.2) is 29.2 Å². The molecule has 134 valence electrons. The number of sulfone groups is 1. The van der Waals surface area contributed by atoms with Crippen LogP contribution >= 0.6 is 22.9 Å². The third kappa shape index (κ3) is 4.59. The lowest BCUT2D eigenvalue weighted by molar-refractivity contribution is -0.115. The van der Waals surface area contributed by atoms with E-state index in [0.717, 1.165) is 25.0 Å². The summed E-state index contributed by atoms with van der Waals surface area (Å²) in [4.78, 5) is 17.9. The van der Waals surface area contributed by atoms with Gasteiger partial charge >= 0.3 is 0 Å². The summed E-state index contributed by atoms with van der Waals surface area (Å²) in [5.74, 6) is 0.0560. The number of halogens is 1. The van der Waals surface area contributed by atoms with Crippen LogP contribution in [0.5, 0.6) is 0 Å². The van der Waals surface area contributed by atoms with Gasteiger partial charge in [-0.3, -0.25) is 4.79 Å². The first-order chi connectivity index (χ1) is 11.8. The Balaban J connectivity index is 1.59. The fraction of sp³-hybridized carbons (Fsp3) is 0.412. The Bertz CT molecular complexity index is 876. The van der Waals surface area contributed by atoms with E-state index >= 15 is 0 Å². The highest BCUT2D eigenvalue weighted by Gasteiger charge is 2.21. The summed E-state index contributed by atoms with van der Waals surface area (Å²) in [6, 6.07) is 5.95. The van der Waals surface area contributed by atoms with Crippen molar-refractivity contribution in [1.82, 2.24) is 4.98 Å². The average molecular weight is 399 g/mol. The largest absolute Gasteiger partial charge is 0.302 e. The lowest BCUT2D eigenvalue weighted by Crippen LogP contribution is -2.17. The first kappa shape index (κ1) is 18.4. The summed E-state index contributed by atoms with van der Waals surface area (Å²) in [6.07, 6.45) is 2.94. The number of aromatic nitrogens is 1. The highest BCUT2D eigenvalue weighted by atomic mass is 35.5. The summed E-state index contributed by atoms with van der Waals surface area (Å²) >= 11 is 7.26. The molecule has 5 nitrogen and oxygen atoms in total. The van der Waals surface area contributed by atoms with Crippen molar-refractivity contribution in [2.24, 2.45) is 5.92 Å². The predicted octanol–water partition coefficient (Wildman–Crippen LogP) is 3.72. The normalized spacial score (nSPS) is 17.1. The number of hydrogen-bond donors (Lipinski definition) is 1. The fourth-order valence-corrected chi connectivity index (χ4v) is 5.32. The summed E-state index contributed by atoms with van der Waals surface area (Å²) in [6.45, 7) is 2.21. The molecular formula is C17H19ClN2O3S2. The minimum absolute atomic E-state index is 0.106. The molecule has 25 heavy (non-hydrogen) atoms. The molecule has 0 bridgehead atoms. The monoisotopic (exact) mass is 398 g/mol. The number of hydrogen-bond acceptors (Lipinski definition) is 5. The molecular weight excluding hydrogens is 380 g/mol. The van der Waals surface area contributed by atoms with E-state index in [4.69, 9.17) is 11.6 Å². The standard InChI is InChI=1S/C17H19ClN2O3S2/c1-11-2-7-14-15(10-11)24-17(19-14)20-16(21)8-9-25(22,23)13-5-3-12(18)4-6-13/h3-6,11H,2,7-10H2,1H3,(H,19,20,21). The summed E-state index contributed by atoms with van der Waals surface area (Å²) in [7, 11) is -3.51. The van der Waals surface area contributed by atoms with Crippen LogP contribution in [0.1, 0.15) is 30.3 Å². The Kier molecular flexibility index (Phi) is 5.46. The SMILES string of the molecule is CC1CCc2nc(NC(=O)CCS(=O)(=O)c3ccc(Cl)cc3)sc2C1. The van der Waals surface area contributed by atoms with E-state index in [2.05, 4.69) is 17.2 Å². The van der Waals surface area contributed by atoms with Gasteiger partial charge in [-0.2, -0.15) is 0 Å². The van der Waals surface area contributed by atoms with Gasteiger partial charge < -0.3 is 5.32 Å². The van der Waals surface area contributed by atoms with Crippen LogP contribution in [0.2, 0.25) is 5.02 Å². The van der Waals surface area contributed by atoms with Crippen molar-refractivity contribution in [2.45, 2.75) is 37.5 Å². The van der Waals surface area contributed by atoms with Crippen molar-refractivity contribution in [3.05, 3.63) is 39.9 Å². The molecule has 1 aliphatic carbocycles. The van der Waals surface area contributed by atoms with Gasteiger partial charge in [-0.25, -0.2) is 13.4 Å². The Morgan fingerprint density at radius 2 is 2.08 bits per heavy atom. The van der Waals surface area contributed by atoms with Gasteiger partial charge in [-0.15, -0.1) is 11.3 Å². The zero-order chi connectivity index (χ0) is 18.0. The number of nitrogens with zero attached hydrogens (tertiary/aromatic N) is 1. The number of amides is 1. The Morgan fingerprint density at radius 3 is 2.80 bits per heavy atom. The van der Waals surface area contributed by atoms with E-state index in [9.17, 15) is 13.2 Å². The molecule has 8 heteroatoms. The van der Waals surface area contributed by atoms with E-state index in [1.54, 1.807) is 0 Å². The third-order valence-electron chi connectivity index (χ3n) is 4.20. The Hall–Kier alpha value is -1.44. The van der Waals surface area contributed by atoms with E-state index in [0.29, 0.717) is 16.1 Å². The number of anilines is 1. The lowest BCUT2D eigenvalue weighted by Gasteiger charge is -2.15. The van der Waals surface area contributed by atoms with Crippen molar-refractivity contribution < 1.29 is 13.2 Å². The molecule has 0 spiro atoms. The average Bonchev–Trinajstić information content (AvgIpc) is 2.94. The van der Waals surface area contributed by atoms with Gasteiger partial charge in [0.2, 0.25) is 5.91 Å². The van der Waals surface area contributed by atoms with E-state index in [1.807, 2.05) is 0 Å². The van der Waals surface area contributed by atoms with Gasteiger partial charge in [0, 0.05) is 16.3 Å². The number of carbonyl (C=O) groups excluding carboxylic acids is 1. The molecule has 1 aromatic heterocycles. The van der Waals surface area contributed by atoms with Crippen LogP contribution in [0, 0.1) is 5.92 Å². The number of nitrogens with one attached hydrogen (secondary N) is 1.